The summed E-state index contributed by atoms with van der Waals surface area (Å²) < 4.78 is 5.26. The van der Waals surface area contributed by atoms with E-state index in [4.69, 9.17) is 4.74 Å². The first kappa shape index (κ1) is 7.07. The van der Waals surface area contributed by atoms with Crippen LogP contribution in [-0.2, 0) is 4.74 Å². The molecule has 0 radical (unpaired) electrons. The molecule has 0 unspecified atom stereocenters. The minimum Gasteiger partial charge on any atom is -0.370 e. The first-order valence-electron chi connectivity index (χ1n) is 4.05. The van der Waals surface area contributed by atoms with Crippen LogP contribution in [0.4, 0.5) is 0 Å². The standard InChI is InChI=1S/C6H10O.C2H6/c1-2-4-6(3-1)5-7-6;1-2/h1-5H2;1-2H3. The quantitative estimate of drug-likeness (QED) is 0.456. The molecule has 0 bridgehead atoms. The second-order valence-electron chi connectivity index (χ2n) is 2.68. The van der Waals surface area contributed by atoms with E-state index in [0.29, 0.717) is 5.60 Å². The molecule has 2 aliphatic rings. The molecule has 1 aliphatic carbocycles. The van der Waals surface area contributed by atoms with E-state index in [2.05, 4.69) is 0 Å². The summed E-state index contributed by atoms with van der Waals surface area (Å²) in [6.07, 6.45) is 5.49. The van der Waals surface area contributed by atoms with Gasteiger partial charge in [0, 0.05) is 0 Å². The monoisotopic (exact) mass is 128 g/mol. The zero-order chi connectivity index (χ0) is 6.74. The maximum atomic E-state index is 5.26. The fourth-order valence-electron chi connectivity index (χ4n) is 1.41. The molecule has 1 heteroatoms. The Kier molecular flexibility index (Phi) is 2.12. The van der Waals surface area contributed by atoms with E-state index < -0.39 is 0 Å². The highest BCUT2D eigenvalue weighted by atomic mass is 16.6. The summed E-state index contributed by atoms with van der Waals surface area (Å²) in [7, 11) is 0. The van der Waals surface area contributed by atoms with Crippen molar-refractivity contribution in [3.05, 3.63) is 0 Å². The zero-order valence-corrected chi connectivity index (χ0v) is 6.44. The second kappa shape index (κ2) is 2.70. The van der Waals surface area contributed by atoms with Crippen LogP contribution >= 0.6 is 0 Å². The Labute approximate surface area is 57.4 Å². The van der Waals surface area contributed by atoms with Crippen molar-refractivity contribution in [1.29, 1.82) is 0 Å². The lowest BCUT2D eigenvalue weighted by atomic mass is 10.1. The maximum absolute atomic E-state index is 5.26. The molecule has 1 nitrogen and oxygen atoms in total. The highest BCUT2D eigenvalue weighted by Gasteiger charge is 2.46. The lowest BCUT2D eigenvalue weighted by Gasteiger charge is -1.93. The molecule has 0 N–H and O–H groups in total. The summed E-state index contributed by atoms with van der Waals surface area (Å²) in [6.45, 7) is 5.06. The van der Waals surface area contributed by atoms with Crippen molar-refractivity contribution in [3.63, 3.8) is 0 Å². The van der Waals surface area contributed by atoms with Gasteiger partial charge in [-0.2, -0.15) is 0 Å². The Morgan fingerprint density at radius 2 is 1.56 bits per heavy atom. The number of hydrogen-bond acceptors (Lipinski definition) is 1. The van der Waals surface area contributed by atoms with E-state index >= 15 is 0 Å². The molecule has 0 amide bonds. The van der Waals surface area contributed by atoms with Crippen LogP contribution in [0, 0.1) is 0 Å². The molecular weight excluding hydrogens is 112 g/mol. The number of epoxide rings is 1. The van der Waals surface area contributed by atoms with Crippen molar-refractivity contribution in [2.24, 2.45) is 0 Å². The molecule has 54 valence electrons. The van der Waals surface area contributed by atoms with E-state index in [1.807, 2.05) is 13.8 Å². The van der Waals surface area contributed by atoms with Gasteiger partial charge in [-0.1, -0.05) is 26.7 Å². The van der Waals surface area contributed by atoms with Gasteiger partial charge in [0.1, 0.15) is 0 Å². The van der Waals surface area contributed by atoms with E-state index in [-0.39, 0.29) is 0 Å². The Bertz CT molecular complexity index is 76.6. The topological polar surface area (TPSA) is 12.5 Å². The summed E-state index contributed by atoms with van der Waals surface area (Å²) in [5.74, 6) is 0. The van der Waals surface area contributed by atoms with Gasteiger partial charge in [-0.05, 0) is 12.8 Å². The molecule has 1 heterocycles. The molecule has 0 aromatic heterocycles. The van der Waals surface area contributed by atoms with Gasteiger partial charge in [0.05, 0.1) is 12.2 Å². The molecule has 0 atom stereocenters. The Morgan fingerprint density at radius 1 is 1.11 bits per heavy atom. The second-order valence-corrected chi connectivity index (χ2v) is 2.68. The normalized spacial score (nSPS) is 27.3. The van der Waals surface area contributed by atoms with Gasteiger partial charge in [-0.3, -0.25) is 0 Å². The van der Waals surface area contributed by atoms with Gasteiger partial charge in [-0.15, -0.1) is 0 Å². The number of rotatable bonds is 0. The molecule has 0 aromatic rings. The summed E-state index contributed by atoms with van der Waals surface area (Å²) in [5, 5.41) is 0. The average Bonchev–Trinajstić information content (AvgIpc) is 2.46. The van der Waals surface area contributed by atoms with Crippen LogP contribution in [0.25, 0.3) is 0 Å². The zero-order valence-electron chi connectivity index (χ0n) is 6.44. The predicted octanol–water partition coefficient (Wildman–Crippen LogP) is 2.36. The SMILES string of the molecule is C1CCC2(C1)CO2.CC. The summed E-state index contributed by atoms with van der Waals surface area (Å²) in [4.78, 5) is 0. The largest absolute Gasteiger partial charge is 0.370 e. The predicted molar refractivity (Wildman–Crippen MR) is 38.5 cm³/mol. The fraction of sp³-hybridized carbons (Fsp3) is 1.00. The third-order valence-corrected chi connectivity index (χ3v) is 2.07. The highest BCUT2D eigenvalue weighted by molar-refractivity contribution is 4.95. The molecular formula is C8H16O. The van der Waals surface area contributed by atoms with Crippen molar-refractivity contribution in [2.45, 2.75) is 45.1 Å². The molecule has 1 saturated heterocycles. The summed E-state index contributed by atoms with van der Waals surface area (Å²) in [6, 6.07) is 0. The number of ether oxygens (including phenoxy) is 1. The lowest BCUT2D eigenvalue weighted by Crippen LogP contribution is -2.00. The van der Waals surface area contributed by atoms with Crippen LogP contribution in [0.3, 0.4) is 0 Å². The Balaban J connectivity index is 0.000000186. The summed E-state index contributed by atoms with van der Waals surface area (Å²) in [5.41, 5.74) is 0.444. The molecule has 1 saturated carbocycles. The van der Waals surface area contributed by atoms with Gasteiger partial charge in [0.15, 0.2) is 0 Å². The minimum atomic E-state index is 0.444. The van der Waals surface area contributed by atoms with Gasteiger partial charge >= 0.3 is 0 Å². The van der Waals surface area contributed by atoms with Gasteiger partial charge in [-0.25, -0.2) is 0 Å². The van der Waals surface area contributed by atoms with Gasteiger partial charge in [0.2, 0.25) is 0 Å². The molecule has 2 fully saturated rings. The van der Waals surface area contributed by atoms with Crippen LogP contribution < -0.4 is 0 Å². The van der Waals surface area contributed by atoms with Gasteiger partial charge in [0.25, 0.3) is 0 Å². The van der Waals surface area contributed by atoms with Crippen LogP contribution in [0.15, 0.2) is 0 Å². The van der Waals surface area contributed by atoms with Gasteiger partial charge < -0.3 is 4.74 Å². The first-order chi connectivity index (χ1) is 4.41. The third-order valence-electron chi connectivity index (χ3n) is 2.07. The molecule has 9 heavy (non-hydrogen) atoms. The van der Waals surface area contributed by atoms with E-state index in [1.165, 1.54) is 25.7 Å². The van der Waals surface area contributed by atoms with Crippen molar-refractivity contribution >= 4 is 0 Å². The average molecular weight is 128 g/mol. The molecule has 2 rings (SSSR count). The van der Waals surface area contributed by atoms with E-state index in [0.717, 1.165) is 6.61 Å². The number of hydrogen-bond donors (Lipinski definition) is 0. The summed E-state index contributed by atoms with van der Waals surface area (Å²) >= 11 is 0. The minimum absolute atomic E-state index is 0.444. The van der Waals surface area contributed by atoms with Crippen molar-refractivity contribution in [2.75, 3.05) is 6.61 Å². The fourth-order valence-corrected chi connectivity index (χ4v) is 1.41. The third kappa shape index (κ3) is 1.45. The Morgan fingerprint density at radius 3 is 1.78 bits per heavy atom. The van der Waals surface area contributed by atoms with Crippen LogP contribution in [0.1, 0.15) is 39.5 Å². The van der Waals surface area contributed by atoms with Crippen LogP contribution in [0.2, 0.25) is 0 Å². The van der Waals surface area contributed by atoms with E-state index in [1.54, 1.807) is 0 Å². The molecule has 1 aliphatic heterocycles. The Hall–Kier alpha value is -0.0400. The molecule has 0 aromatic carbocycles. The van der Waals surface area contributed by atoms with E-state index in [9.17, 15) is 0 Å². The van der Waals surface area contributed by atoms with Crippen LogP contribution in [-0.4, -0.2) is 12.2 Å². The smallest absolute Gasteiger partial charge is 0.0916 e. The van der Waals surface area contributed by atoms with Crippen molar-refractivity contribution in [1.82, 2.24) is 0 Å². The van der Waals surface area contributed by atoms with Crippen LogP contribution in [0.5, 0.6) is 0 Å². The highest BCUT2D eigenvalue weighted by Crippen LogP contribution is 2.42. The molecule has 1 spiro atoms. The first-order valence-corrected chi connectivity index (χ1v) is 4.05. The van der Waals surface area contributed by atoms with Crippen molar-refractivity contribution in [3.8, 4) is 0 Å². The van der Waals surface area contributed by atoms with Crippen molar-refractivity contribution < 1.29 is 4.74 Å². The lowest BCUT2D eigenvalue weighted by molar-refractivity contribution is 0.309. The maximum Gasteiger partial charge on any atom is 0.0916 e.